The Hall–Kier alpha value is -2.82. The molecule has 4 nitrogen and oxygen atoms in total. The van der Waals surface area contributed by atoms with Gasteiger partial charge in [-0.3, -0.25) is 0 Å². The van der Waals surface area contributed by atoms with Crippen LogP contribution in [0.5, 0.6) is 0 Å². The lowest BCUT2D eigenvalue weighted by atomic mass is 9.91. The molecule has 0 saturated carbocycles. The number of nitrogens with zero attached hydrogens (tertiary/aromatic N) is 2. The first kappa shape index (κ1) is 26.8. The number of hydrogen-bond donors (Lipinski definition) is 1. The van der Waals surface area contributed by atoms with E-state index in [9.17, 15) is 40.6 Å². The van der Waals surface area contributed by atoms with Gasteiger partial charge in [0.25, 0.3) is 0 Å². The SMILES string of the molecule is Cc1cc(F)ccc1[C@H]1[C@H](CO)CCN1C(=O)N(C)[C@@H](C)c1cc(C(F)(F)F)cc(C(F)(F)F)c1. The minimum atomic E-state index is -5.01. The van der Waals surface area contributed by atoms with Crippen LogP contribution >= 0.6 is 0 Å². The number of halogens is 7. The minimum Gasteiger partial charge on any atom is -0.396 e. The third kappa shape index (κ3) is 5.55. The largest absolute Gasteiger partial charge is 0.416 e. The van der Waals surface area contributed by atoms with E-state index in [1.165, 1.54) is 37.1 Å². The number of aliphatic hydroxyl groups excluding tert-OH is 1. The van der Waals surface area contributed by atoms with Crippen LogP contribution in [-0.4, -0.2) is 41.1 Å². The molecule has 35 heavy (non-hydrogen) atoms. The fourth-order valence-electron chi connectivity index (χ4n) is 4.47. The maximum absolute atomic E-state index is 13.6. The number of carbonyl (C=O) groups is 1. The van der Waals surface area contributed by atoms with Crippen molar-refractivity contribution in [1.82, 2.24) is 9.80 Å². The molecule has 1 aliphatic rings. The summed E-state index contributed by atoms with van der Waals surface area (Å²) in [5.41, 5.74) is -2.09. The van der Waals surface area contributed by atoms with Crippen LogP contribution in [0.3, 0.4) is 0 Å². The van der Waals surface area contributed by atoms with E-state index in [4.69, 9.17) is 0 Å². The topological polar surface area (TPSA) is 43.8 Å². The first-order valence-electron chi connectivity index (χ1n) is 10.8. The summed E-state index contributed by atoms with van der Waals surface area (Å²) < 4.78 is 93.3. The molecule has 0 spiro atoms. The molecule has 1 saturated heterocycles. The maximum Gasteiger partial charge on any atom is 0.416 e. The van der Waals surface area contributed by atoms with E-state index in [-0.39, 0.29) is 30.7 Å². The van der Waals surface area contributed by atoms with Crippen molar-refractivity contribution >= 4 is 6.03 Å². The van der Waals surface area contributed by atoms with Gasteiger partial charge >= 0.3 is 18.4 Å². The number of aryl methyl sites for hydroxylation is 1. The second kappa shape index (κ2) is 9.67. The summed E-state index contributed by atoms with van der Waals surface area (Å²) in [5, 5.41) is 9.84. The van der Waals surface area contributed by atoms with Gasteiger partial charge in [-0.1, -0.05) is 6.07 Å². The van der Waals surface area contributed by atoms with Gasteiger partial charge in [0.1, 0.15) is 5.82 Å². The van der Waals surface area contributed by atoms with Crippen molar-refractivity contribution in [2.24, 2.45) is 5.92 Å². The van der Waals surface area contributed by atoms with Crippen molar-refractivity contribution in [1.29, 1.82) is 0 Å². The molecule has 3 rings (SSSR count). The summed E-state index contributed by atoms with van der Waals surface area (Å²) in [5.74, 6) is -0.837. The van der Waals surface area contributed by atoms with Crippen molar-refractivity contribution in [3.63, 3.8) is 0 Å². The van der Waals surface area contributed by atoms with Crippen molar-refractivity contribution in [3.05, 3.63) is 70.0 Å². The van der Waals surface area contributed by atoms with E-state index in [1.807, 2.05) is 0 Å². The number of amides is 2. The zero-order valence-electron chi connectivity index (χ0n) is 19.2. The molecule has 1 N–H and O–H groups in total. The van der Waals surface area contributed by atoms with Gasteiger partial charge in [-0.15, -0.1) is 0 Å². The summed E-state index contributed by atoms with van der Waals surface area (Å²) in [6.45, 7) is 2.94. The molecule has 1 aliphatic heterocycles. The number of carbonyl (C=O) groups excluding carboxylic acids is 1. The molecule has 0 aliphatic carbocycles. The van der Waals surface area contributed by atoms with Crippen LogP contribution in [-0.2, 0) is 12.4 Å². The number of aliphatic hydroxyl groups is 1. The van der Waals surface area contributed by atoms with Gasteiger partial charge in [0, 0.05) is 26.1 Å². The molecule has 0 bridgehead atoms. The molecule has 3 atom stereocenters. The highest BCUT2D eigenvalue weighted by Crippen LogP contribution is 2.41. The predicted octanol–water partition coefficient (Wildman–Crippen LogP) is 6.34. The molecule has 1 fully saturated rings. The van der Waals surface area contributed by atoms with E-state index in [1.54, 1.807) is 6.92 Å². The number of hydrogen-bond acceptors (Lipinski definition) is 2. The molecule has 0 unspecified atom stereocenters. The predicted molar refractivity (Wildman–Crippen MR) is 114 cm³/mol. The molecular formula is C24H25F7N2O2. The van der Waals surface area contributed by atoms with Crippen LogP contribution in [0.15, 0.2) is 36.4 Å². The van der Waals surface area contributed by atoms with E-state index >= 15 is 0 Å². The van der Waals surface area contributed by atoms with E-state index in [2.05, 4.69) is 0 Å². The third-order valence-corrected chi connectivity index (χ3v) is 6.53. The van der Waals surface area contributed by atoms with Gasteiger partial charge in [0.2, 0.25) is 0 Å². The summed E-state index contributed by atoms with van der Waals surface area (Å²) >= 11 is 0. The Balaban J connectivity index is 1.96. The Labute approximate surface area is 197 Å². The van der Waals surface area contributed by atoms with Crippen LogP contribution < -0.4 is 0 Å². The molecule has 0 aromatic heterocycles. The second-order valence-corrected chi connectivity index (χ2v) is 8.78. The quantitative estimate of drug-likeness (QED) is 0.492. The summed E-state index contributed by atoms with van der Waals surface area (Å²) in [6, 6.07) is 2.88. The number of alkyl halides is 6. The van der Waals surface area contributed by atoms with Crippen molar-refractivity contribution in [3.8, 4) is 0 Å². The Morgan fingerprint density at radius 2 is 1.66 bits per heavy atom. The molecule has 192 valence electrons. The molecular weight excluding hydrogens is 481 g/mol. The Morgan fingerprint density at radius 1 is 1.09 bits per heavy atom. The van der Waals surface area contributed by atoms with Crippen LogP contribution in [0.4, 0.5) is 35.5 Å². The number of urea groups is 1. The lowest BCUT2D eigenvalue weighted by molar-refractivity contribution is -0.143. The normalized spacial score (nSPS) is 19.7. The third-order valence-electron chi connectivity index (χ3n) is 6.53. The highest BCUT2D eigenvalue weighted by molar-refractivity contribution is 5.76. The zero-order valence-corrected chi connectivity index (χ0v) is 19.2. The lowest BCUT2D eigenvalue weighted by Crippen LogP contribution is -2.43. The Kier molecular flexibility index (Phi) is 7.40. The van der Waals surface area contributed by atoms with Crippen molar-refractivity contribution in [2.75, 3.05) is 20.2 Å². The smallest absolute Gasteiger partial charge is 0.396 e. The highest BCUT2D eigenvalue weighted by Gasteiger charge is 2.41. The number of rotatable bonds is 4. The zero-order chi connectivity index (χ0) is 26.3. The van der Waals surface area contributed by atoms with Gasteiger partial charge in [-0.05, 0) is 67.3 Å². The molecule has 0 radical (unpaired) electrons. The number of benzene rings is 2. The summed E-state index contributed by atoms with van der Waals surface area (Å²) in [6.07, 6.45) is -9.59. The second-order valence-electron chi connectivity index (χ2n) is 8.78. The summed E-state index contributed by atoms with van der Waals surface area (Å²) in [7, 11) is 1.29. The van der Waals surface area contributed by atoms with Gasteiger partial charge in [-0.2, -0.15) is 26.3 Å². The van der Waals surface area contributed by atoms with Gasteiger partial charge in [-0.25, -0.2) is 9.18 Å². The van der Waals surface area contributed by atoms with E-state index < -0.39 is 47.4 Å². The fourth-order valence-corrected chi connectivity index (χ4v) is 4.47. The van der Waals surface area contributed by atoms with Crippen LogP contribution in [0.2, 0.25) is 0 Å². The number of likely N-dealkylation sites (tertiary alicyclic amines) is 1. The Bertz CT molecular complexity index is 1050. The first-order chi connectivity index (χ1) is 16.1. The highest BCUT2D eigenvalue weighted by atomic mass is 19.4. The van der Waals surface area contributed by atoms with Crippen LogP contribution in [0.1, 0.15) is 53.2 Å². The van der Waals surface area contributed by atoms with Gasteiger partial charge in [0.05, 0.1) is 23.2 Å². The molecule has 11 heteroatoms. The van der Waals surface area contributed by atoms with Gasteiger partial charge < -0.3 is 14.9 Å². The van der Waals surface area contributed by atoms with Gasteiger partial charge in [0.15, 0.2) is 0 Å². The van der Waals surface area contributed by atoms with E-state index in [0.717, 1.165) is 4.90 Å². The fraction of sp³-hybridized carbons (Fsp3) is 0.458. The Morgan fingerprint density at radius 3 is 2.14 bits per heavy atom. The van der Waals surface area contributed by atoms with Crippen LogP contribution in [0.25, 0.3) is 0 Å². The monoisotopic (exact) mass is 506 g/mol. The molecule has 1 heterocycles. The van der Waals surface area contributed by atoms with Crippen molar-refractivity contribution in [2.45, 2.75) is 44.7 Å². The lowest BCUT2D eigenvalue weighted by Gasteiger charge is -2.35. The molecule has 2 aromatic rings. The molecule has 2 amide bonds. The maximum atomic E-state index is 13.6. The molecule has 2 aromatic carbocycles. The average molecular weight is 506 g/mol. The first-order valence-corrected chi connectivity index (χ1v) is 10.8. The minimum absolute atomic E-state index is 0.0394. The van der Waals surface area contributed by atoms with Crippen LogP contribution in [0, 0.1) is 18.7 Å². The van der Waals surface area contributed by atoms with E-state index in [0.29, 0.717) is 29.7 Å². The standard InChI is InChI=1S/C24H25F7N2O2/c1-13-8-19(25)4-5-20(13)21-15(12-34)6-7-33(21)22(35)32(3)14(2)16-9-17(23(26,27)28)11-18(10-16)24(29,30)31/h4-5,8-11,14-15,21,34H,6-7,12H2,1-3H3/t14-,15-,21+/m0/s1. The van der Waals surface area contributed by atoms with Crippen molar-refractivity contribution < 1.29 is 40.6 Å². The average Bonchev–Trinajstić information content (AvgIpc) is 3.19. The summed E-state index contributed by atoms with van der Waals surface area (Å²) in [4.78, 5) is 15.9.